The van der Waals surface area contributed by atoms with Crippen molar-refractivity contribution in [3.8, 4) is 0 Å². The number of aliphatic hydroxyl groups excluding tert-OH is 3. The molecule has 18 nitrogen and oxygen atoms in total. The van der Waals surface area contributed by atoms with Gasteiger partial charge >= 0.3 is 23.5 Å². The van der Waals surface area contributed by atoms with Crippen molar-refractivity contribution in [2.75, 3.05) is 0 Å². The fourth-order valence-corrected chi connectivity index (χ4v) is 3.69. The van der Waals surface area contributed by atoms with E-state index >= 15 is 0 Å². The highest BCUT2D eigenvalue weighted by molar-refractivity contribution is 7.47. The maximum absolute atomic E-state index is 11.0. The maximum Gasteiger partial charge on any atom is 0.470 e. The van der Waals surface area contributed by atoms with Gasteiger partial charge < -0.3 is 63.1 Å². The van der Waals surface area contributed by atoms with Crippen LogP contribution in [0.5, 0.6) is 0 Å². The molecule has 1 aliphatic rings. The van der Waals surface area contributed by atoms with Crippen LogP contribution in [0.2, 0.25) is 0 Å². The van der Waals surface area contributed by atoms with Crippen LogP contribution in [-0.4, -0.2) is 81.3 Å². The summed E-state index contributed by atoms with van der Waals surface area (Å²) in [4.78, 5) is 52.7. The number of phosphoric ester groups is 3. The molecule has 1 aliphatic carbocycles. The molecule has 0 aromatic carbocycles. The van der Waals surface area contributed by atoms with E-state index in [9.17, 15) is 29.0 Å². The molecule has 27 heavy (non-hydrogen) atoms. The van der Waals surface area contributed by atoms with Gasteiger partial charge in [-0.15, -0.1) is 0 Å². The number of hydrogen-bond acceptors (Lipinski definition) is 12. The van der Waals surface area contributed by atoms with Crippen molar-refractivity contribution in [3.63, 3.8) is 0 Å². The van der Waals surface area contributed by atoms with Crippen LogP contribution in [0.15, 0.2) is 0 Å². The fourth-order valence-electron chi connectivity index (χ4n) is 2.01. The van der Waals surface area contributed by atoms with E-state index in [1.807, 2.05) is 0 Å². The summed E-state index contributed by atoms with van der Waals surface area (Å²) in [6.07, 6.45) is -14.3. The van der Waals surface area contributed by atoms with Crippen LogP contribution >= 0.6 is 23.5 Å². The minimum Gasteiger partial charge on any atom is -0.387 e. The van der Waals surface area contributed by atoms with Crippen LogP contribution in [0.25, 0.3) is 0 Å². The van der Waals surface area contributed by atoms with Crippen LogP contribution in [-0.2, 0) is 27.3 Å². The minimum absolute atomic E-state index is 0. The molecule has 1 fully saturated rings. The van der Waals surface area contributed by atoms with Crippen LogP contribution in [0, 0.1) is 0 Å². The van der Waals surface area contributed by atoms with E-state index in [4.69, 9.17) is 29.4 Å². The van der Waals surface area contributed by atoms with Gasteiger partial charge in [0.1, 0.15) is 36.6 Å². The van der Waals surface area contributed by atoms with E-state index in [1.165, 1.54) is 0 Å². The fraction of sp³-hybridized carbons (Fsp3) is 1.00. The van der Waals surface area contributed by atoms with Crippen molar-refractivity contribution in [1.29, 1.82) is 0 Å². The zero-order chi connectivity index (χ0) is 19.1. The Morgan fingerprint density at radius 3 is 0.926 bits per heavy atom. The predicted molar refractivity (Wildman–Crippen MR) is 83.8 cm³/mol. The zero-order valence-corrected chi connectivity index (χ0v) is 16.1. The van der Waals surface area contributed by atoms with Gasteiger partial charge in [0.25, 0.3) is 0 Å². The molecule has 0 radical (unpaired) electrons. The molecule has 0 heterocycles. The Morgan fingerprint density at radius 2 is 0.704 bits per heavy atom. The minimum atomic E-state index is -5.48. The lowest BCUT2D eigenvalue weighted by atomic mass is 9.85. The molecule has 0 aromatic rings. The topological polar surface area (TPSA) is 366 Å². The van der Waals surface area contributed by atoms with E-state index in [1.54, 1.807) is 0 Å². The van der Waals surface area contributed by atoms with Gasteiger partial charge in [0, 0.05) is 0 Å². The number of phosphoric acid groups is 3. The van der Waals surface area contributed by atoms with Crippen LogP contribution < -0.4 is 18.5 Å². The summed E-state index contributed by atoms with van der Waals surface area (Å²) in [5.74, 6) is 0. The van der Waals surface area contributed by atoms with E-state index in [-0.39, 0.29) is 18.5 Å². The maximum atomic E-state index is 11.0. The van der Waals surface area contributed by atoms with Gasteiger partial charge in [-0.05, 0) is 0 Å². The predicted octanol–water partition coefficient (Wildman–Crippen LogP) is -3.00. The molecule has 21 heteroatoms. The van der Waals surface area contributed by atoms with Crippen molar-refractivity contribution < 1.29 is 71.9 Å². The molecule has 1 rings (SSSR count). The molecule has 6 atom stereocenters. The highest BCUT2D eigenvalue weighted by Crippen LogP contribution is 2.50. The van der Waals surface area contributed by atoms with Crippen LogP contribution in [0.4, 0.5) is 0 Å². The Bertz CT molecular complexity index is 549. The van der Waals surface area contributed by atoms with Crippen molar-refractivity contribution in [2.45, 2.75) is 36.6 Å². The molecular weight excluding hydrogens is 447 g/mol. The zero-order valence-electron chi connectivity index (χ0n) is 13.4. The van der Waals surface area contributed by atoms with Crippen LogP contribution in [0.1, 0.15) is 0 Å². The second kappa shape index (κ2) is 10.7. The Morgan fingerprint density at radius 1 is 0.481 bits per heavy atom. The first kappa shape index (κ1) is 31.8. The summed E-state index contributed by atoms with van der Waals surface area (Å²) >= 11 is 0. The first-order valence-corrected chi connectivity index (χ1v) is 10.4. The third-order valence-corrected chi connectivity index (χ3v) is 4.35. The monoisotopic (exact) mass is 471 g/mol. The summed E-state index contributed by atoms with van der Waals surface area (Å²) in [7, 11) is -16.3. The SMILES string of the molecule is N.N.N.O=P(O)(O)OC1[C@@H](OP(=O)(O)O)[C@H](O)C(O)[C@@H](O)[C@H]1OP(=O)(O)O. The van der Waals surface area contributed by atoms with Crippen LogP contribution in [0.3, 0.4) is 0 Å². The molecule has 0 amide bonds. The average Bonchev–Trinajstić information content (AvgIpc) is 2.32. The lowest BCUT2D eigenvalue weighted by molar-refractivity contribution is -0.212. The molecular formula is C6H24N3O15P3. The molecule has 18 N–H and O–H groups in total. The molecule has 0 aromatic heterocycles. The number of hydrogen-bond donors (Lipinski definition) is 12. The number of rotatable bonds is 6. The molecule has 0 aliphatic heterocycles. The second-order valence-electron chi connectivity index (χ2n) is 4.65. The summed E-state index contributed by atoms with van der Waals surface area (Å²) < 4.78 is 45.0. The van der Waals surface area contributed by atoms with Gasteiger partial charge in [-0.3, -0.25) is 13.6 Å². The summed E-state index contributed by atoms with van der Waals surface area (Å²) in [6.45, 7) is 0. The summed E-state index contributed by atoms with van der Waals surface area (Å²) in [5, 5.41) is 29.0. The third-order valence-electron chi connectivity index (χ3n) is 2.80. The van der Waals surface area contributed by atoms with Gasteiger partial charge in [0.2, 0.25) is 0 Å². The molecule has 0 bridgehead atoms. The van der Waals surface area contributed by atoms with Crippen molar-refractivity contribution in [1.82, 2.24) is 18.5 Å². The standard InChI is InChI=1S/C6H15O15P3.3H3N/c7-1-2(8)4(19-22(10,11)12)6(21-24(16,17)18)5(3(1)9)20-23(13,14)15;;;/h1-9H,(H2,10,11,12)(H2,13,14,15)(H2,16,17,18);3*1H3/t1?,2-,3-,4-,5+,6?;;;/m1.../s1. The average molecular weight is 471 g/mol. The van der Waals surface area contributed by atoms with Gasteiger partial charge in [-0.1, -0.05) is 0 Å². The smallest absolute Gasteiger partial charge is 0.387 e. The Kier molecular flexibility index (Phi) is 12.6. The third kappa shape index (κ3) is 9.91. The molecule has 168 valence electrons. The van der Waals surface area contributed by atoms with Gasteiger partial charge in [-0.25, -0.2) is 13.7 Å². The van der Waals surface area contributed by atoms with Crippen molar-refractivity contribution in [2.24, 2.45) is 0 Å². The molecule has 0 spiro atoms. The van der Waals surface area contributed by atoms with E-state index in [0.717, 1.165) is 0 Å². The first-order chi connectivity index (χ1) is 10.5. The Balaban J connectivity index is -0.00000192. The quantitative estimate of drug-likeness (QED) is 0.172. The second-order valence-corrected chi connectivity index (χ2v) is 8.23. The normalized spacial score (nSPS) is 31.9. The van der Waals surface area contributed by atoms with Gasteiger partial charge in [0.15, 0.2) is 0 Å². The Labute approximate surface area is 151 Å². The van der Waals surface area contributed by atoms with E-state index < -0.39 is 60.1 Å². The highest BCUT2D eigenvalue weighted by Gasteiger charge is 2.56. The number of aliphatic hydroxyl groups is 3. The summed E-state index contributed by atoms with van der Waals surface area (Å²) in [6, 6.07) is 0. The highest BCUT2D eigenvalue weighted by atomic mass is 31.2. The van der Waals surface area contributed by atoms with Gasteiger partial charge in [-0.2, -0.15) is 0 Å². The lowest BCUT2D eigenvalue weighted by Gasteiger charge is -2.44. The van der Waals surface area contributed by atoms with E-state index in [2.05, 4.69) is 13.6 Å². The molecule has 2 unspecified atom stereocenters. The van der Waals surface area contributed by atoms with E-state index in [0.29, 0.717) is 0 Å². The lowest BCUT2D eigenvalue weighted by Crippen LogP contribution is -2.65. The first-order valence-electron chi connectivity index (χ1n) is 5.78. The van der Waals surface area contributed by atoms with Crippen molar-refractivity contribution >= 4 is 23.5 Å². The van der Waals surface area contributed by atoms with Gasteiger partial charge in [0.05, 0.1) is 0 Å². The summed E-state index contributed by atoms with van der Waals surface area (Å²) in [5.41, 5.74) is 0. The molecule has 1 saturated carbocycles. The Hall–Kier alpha value is 0.0900. The van der Waals surface area contributed by atoms with Crippen molar-refractivity contribution in [3.05, 3.63) is 0 Å². The largest absolute Gasteiger partial charge is 0.470 e. The molecule has 0 saturated heterocycles.